The molecule has 1 aliphatic heterocycles. The lowest BCUT2D eigenvalue weighted by Gasteiger charge is -2.33. The number of nitrogens with zero attached hydrogens (tertiary/aromatic N) is 1. The molecule has 0 bridgehead atoms. The predicted molar refractivity (Wildman–Crippen MR) is 64.3 cm³/mol. The van der Waals surface area contributed by atoms with E-state index in [2.05, 4.69) is 0 Å². The first-order valence-electron chi connectivity index (χ1n) is 5.25. The lowest BCUT2D eigenvalue weighted by Crippen LogP contribution is -2.42. The van der Waals surface area contributed by atoms with Crippen molar-refractivity contribution in [2.45, 2.75) is 20.0 Å². The standard InChI is InChI=1S/C12H14ClNO2/c1-8-3-4-11-10(5-8)14(12(15)6-13)7-9(2)16-11/h3-5,9H,6-7H2,1-2H3. The number of anilines is 1. The maximum absolute atomic E-state index is 11.7. The summed E-state index contributed by atoms with van der Waals surface area (Å²) >= 11 is 5.61. The largest absolute Gasteiger partial charge is 0.487 e. The van der Waals surface area contributed by atoms with Crippen molar-refractivity contribution in [2.75, 3.05) is 17.3 Å². The lowest BCUT2D eigenvalue weighted by atomic mass is 10.1. The Bertz CT molecular complexity index is 419. The molecule has 0 saturated carbocycles. The van der Waals surface area contributed by atoms with E-state index in [0.29, 0.717) is 6.54 Å². The number of benzene rings is 1. The van der Waals surface area contributed by atoms with Crippen molar-refractivity contribution >= 4 is 23.2 Å². The second-order valence-electron chi connectivity index (χ2n) is 4.04. The zero-order chi connectivity index (χ0) is 11.7. The molecular weight excluding hydrogens is 226 g/mol. The third kappa shape index (κ3) is 2.00. The van der Waals surface area contributed by atoms with Gasteiger partial charge in [0.05, 0.1) is 12.2 Å². The molecule has 0 fully saturated rings. The highest BCUT2D eigenvalue weighted by atomic mass is 35.5. The van der Waals surface area contributed by atoms with Gasteiger partial charge in [0.25, 0.3) is 0 Å². The molecule has 4 heteroatoms. The van der Waals surface area contributed by atoms with Gasteiger partial charge in [0.1, 0.15) is 17.7 Å². The van der Waals surface area contributed by atoms with Crippen molar-refractivity contribution in [3.8, 4) is 5.75 Å². The summed E-state index contributed by atoms with van der Waals surface area (Å²) in [6, 6.07) is 5.82. The number of amides is 1. The number of carbonyl (C=O) groups excluding carboxylic acids is 1. The summed E-state index contributed by atoms with van der Waals surface area (Å²) in [6.07, 6.45) is 0.00220. The van der Waals surface area contributed by atoms with Crippen molar-refractivity contribution in [2.24, 2.45) is 0 Å². The second kappa shape index (κ2) is 4.34. The van der Waals surface area contributed by atoms with E-state index in [1.54, 1.807) is 4.90 Å². The van der Waals surface area contributed by atoms with E-state index < -0.39 is 0 Å². The van der Waals surface area contributed by atoms with E-state index in [9.17, 15) is 4.79 Å². The van der Waals surface area contributed by atoms with Gasteiger partial charge in [-0.3, -0.25) is 4.79 Å². The SMILES string of the molecule is Cc1ccc2c(c1)N(C(=O)CCl)CC(C)O2. The van der Waals surface area contributed by atoms with Gasteiger partial charge in [-0.25, -0.2) is 0 Å². The van der Waals surface area contributed by atoms with E-state index >= 15 is 0 Å². The molecule has 1 heterocycles. The molecule has 1 amide bonds. The van der Waals surface area contributed by atoms with Crippen LogP contribution in [0, 0.1) is 6.92 Å². The Kier molecular flexibility index (Phi) is 3.06. The number of halogens is 1. The number of alkyl halides is 1. The zero-order valence-electron chi connectivity index (χ0n) is 9.37. The number of hydrogen-bond acceptors (Lipinski definition) is 2. The highest BCUT2D eigenvalue weighted by molar-refractivity contribution is 6.29. The maximum atomic E-state index is 11.7. The van der Waals surface area contributed by atoms with Crippen molar-refractivity contribution in [3.63, 3.8) is 0 Å². The minimum absolute atomic E-state index is 0.000101. The molecule has 3 nitrogen and oxygen atoms in total. The predicted octanol–water partition coefficient (Wildman–Crippen LogP) is 2.35. The van der Waals surface area contributed by atoms with Crippen LogP contribution >= 0.6 is 11.6 Å². The van der Waals surface area contributed by atoms with Crippen LogP contribution in [-0.4, -0.2) is 24.4 Å². The van der Waals surface area contributed by atoms with Crippen LogP contribution in [0.2, 0.25) is 0 Å². The smallest absolute Gasteiger partial charge is 0.242 e. The Morgan fingerprint density at radius 2 is 2.38 bits per heavy atom. The number of fused-ring (bicyclic) bond motifs is 1. The molecule has 86 valence electrons. The maximum Gasteiger partial charge on any atom is 0.242 e. The number of hydrogen-bond donors (Lipinski definition) is 0. The first kappa shape index (κ1) is 11.3. The van der Waals surface area contributed by atoms with Crippen molar-refractivity contribution < 1.29 is 9.53 Å². The molecule has 1 aromatic rings. The highest BCUT2D eigenvalue weighted by Gasteiger charge is 2.26. The summed E-state index contributed by atoms with van der Waals surface area (Å²) in [5.74, 6) is 0.673. The molecule has 0 spiro atoms. The van der Waals surface area contributed by atoms with Crippen LogP contribution in [0.5, 0.6) is 5.75 Å². The molecule has 16 heavy (non-hydrogen) atoms. The van der Waals surface area contributed by atoms with E-state index in [1.807, 2.05) is 32.0 Å². The molecule has 1 aromatic carbocycles. The number of carbonyl (C=O) groups is 1. The summed E-state index contributed by atoms with van der Waals surface area (Å²) in [5.41, 5.74) is 1.92. The molecule has 1 unspecified atom stereocenters. The molecule has 0 aromatic heterocycles. The third-order valence-corrected chi connectivity index (χ3v) is 2.82. The Balaban J connectivity index is 2.43. The summed E-state index contributed by atoms with van der Waals surface area (Å²) in [5, 5.41) is 0. The normalized spacial score (nSPS) is 18.9. The van der Waals surface area contributed by atoms with Gasteiger partial charge in [0, 0.05) is 0 Å². The Morgan fingerprint density at radius 3 is 3.06 bits per heavy atom. The number of ether oxygens (including phenoxy) is 1. The summed E-state index contributed by atoms with van der Waals surface area (Å²) in [6.45, 7) is 4.49. The van der Waals surface area contributed by atoms with Gasteiger partial charge in [-0.15, -0.1) is 11.6 Å². The molecule has 2 rings (SSSR count). The number of aryl methyl sites for hydroxylation is 1. The van der Waals surface area contributed by atoms with Gasteiger partial charge < -0.3 is 9.64 Å². The zero-order valence-corrected chi connectivity index (χ0v) is 10.1. The fourth-order valence-electron chi connectivity index (χ4n) is 1.86. The fourth-order valence-corrected chi connectivity index (χ4v) is 2.00. The number of rotatable bonds is 1. The van der Waals surface area contributed by atoms with Crippen LogP contribution in [0.15, 0.2) is 18.2 Å². The first-order valence-corrected chi connectivity index (χ1v) is 5.79. The average Bonchev–Trinajstić information content (AvgIpc) is 2.27. The van der Waals surface area contributed by atoms with Gasteiger partial charge in [-0.1, -0.05) is 6.07 Å². The Labute approximate surface area is 100.0 Å². The Morgan fingerprint density at radius 1 is 1.62 bits per heavy atom. The topological polar surface area (TPSA) is 29.5 Å². The van der Waals surface area contributed by atoms with Crippen molar-refractivity contribution in [1.82, 2.24) is 0 Å². The van der Waals surface area contributed by atoms with Gasteiger partial charge in [-0.2, -0.15) is 0 Å². The molecule has 0 saturated heterocycles. The van der Waals surface area contributed by atoms with Gasteiger partial charge in [0.15, 0.2) is 0 Å². The Hall–Kier alpha value is -1.22. The summed E-state index contributed by atoms with van der Waals surface area (Å²) < 4.78 is 5.67. The minimum atomic E-state index is -0.0799. The van der Waals surface area contributed by atoms with Crippen LogP contribution in [-0.2, 0) is 4.79 Å². The second-order valence-corrected chi connectivity index (χ2v) is 4.30. The molecule has 0 radical (unpaired) electrons. The van der Waals surface area contributed by atoms with Crippen LogP contribution in [0.4, 0.5) is 5.69 Å². The lowest BCUT2D eigenvalue weighted by molar-refractivity contribution is -0.116. The van der Waals surface area contributed by atoms with E-state index in [4.69, 9.17) is 16.3 Å². The molecular formula is C12H14ClNO2. The molecule has 0 aliphatic carbocycles. The minimum Gasteiger partial charge on any atom is -0.487 e. The highest BCUT2D eigenvalue weighted by Crippen LogP contribution is 2.34. The van der Waals surface area contributed by atoms with Crippen LogP contribution < -0.4 is 9.64 Å². The summed E-state index contributed by atoms with van der Waals surface area (Å²) in [7, 11) is 0. The van der Waals surface area contributed by atoms with Crippen LogP contribution in [0.1, 0.15) is 12.5 Å². The monoisotopic (exact) mass is 239 g/mol. The molecule has 1 atom stereocenters. The van der Waals surface area contributed by atoms with E-state index in [1.165, 1.54) is 0 Å². The third-order valence-electron chi connectivity index (χ3n) is 2.59. The van der Waals surface area contributed by atoms with Crippen LogP contribution in [0.25, 0.3) is 0 Å². The fraction of sp³-hybridized carbons (Fsp3) is 0.417. The van der Waals surface area contributed by atoms with Gasteiger partial charge in [-0.05, 0) is 31.5 Å². The van der Waals surface area contributed by atoms with E-state index in [0.717, 1.165) is 17.0 Å². The average molecular weight is 240 g/mol. The van der Waals surface area contributed by atoms with Gasteiger partial charge in [0.2, 0.25) is 5.91 Å². The van der Waals surface area contributed by atoms with Gasteiger partial charge >= 0.3 is 0 Å². The summed E-state index contributed by atoms with van der Waals surface area (Å²) in [4.78, 5) is 13.4. The van der Waals surface area contributed by atoms with Crippen LogP contribution in [0.3, 0.4) is 0 Å². The quantitative estimate of drug-likeness (QED) is 0.704. The van der Waals surface area contributed by atoms with Crippen molar-refractivity contribution in [1.29, 1.82) is 0 Å². The first-order chi connectivity index (χ1) is 7.61. The van der Waals surface area contributed by atoms with Crippen molar-refractivity contribution in [3.05, 3.63) is 23.8 Å². The molecule has 0 N–H and O–H groups in total. The molecule has 1 aliphatic rings. The van der Waals surface area contributed by atoms with E-state index in [-0.39, 0.29) is 17.9 Å².